The van der Waals surface area contributed by atoms with Crippen LogP contribution >= 0.6 is 11.3 Å². The van der Waals surface area contributed by atoms with E-state index in [1.807, 2.05) is 29.6 Å². The van der Waals surface area contributed by atoms with Gasteiger partial charge in [-0.2, -0.15) is 0 Å². The Balaban J connectivity index is 1.31. The predicted molar refractivity (Wildman–Crippen MR) is 132 cm³/mol. The molecule has 4 rings (SSSR count). The molecule has 1 aromatic heterocycles. The molecule has 178 valence electrons. The van der Waals surface area contributed by atoms with Crippen molar-refractivity contribution in [2.75, 3.05) is 50.7 Å². The monoisotopic (exact) mass is 481 g/mol. The number of nitrogens with one attached hydrogen (secondary N) is 1. The highest BCUT2D eigenvalue weighted by Gasteiger charge is 2.16. The average Bonchev–Trinajstić information content (AvgIpc) is 3.38. The number of nitrogens with zero attached hydrogens (tertiary/aromatic N) is 2. The van der Waals surface area contributed by atoms with Crippen molar-refractivity contribution in [2.45, 2.75) is 12.8 Å². The zero-order chi connectivity index (χ0) is 23.9. The van der Waals surface area contributed by atoms with Gasteiger partial charge in [0.25, 0.3) is 0 Å². The second-order valence-electron chi connectivity index (χ2n) is 7.73. The number of anilines is 2. The highest BCUT2D eigenvalue weighted by molar-refractivity contribution is 7.14. The zero-order valence-electron chi connectivity index (χ0n) is 19.2. The Bertz CT molecular complexity index is 1140. The summed E-state index contributed by atoms with van der Waals surface area (Å²) in [6.07, 6.45) is 0.153. The normalized spacial score (nSPS) is 13.4. The number of aromatic nitrogens is 1. The largest absolute Gasteiger partial charge is 0.497 e. The molecule has 1 aliphatic heterocycles. The van der Waals surface area contributed by atoms with Crippen molar-refractivity contribution in [2.24, 2.45) is 0 Å². The standard InChI is InChI=1S/C25H27N3O5S/c1-31-19-7-8-20(23(15-19)32-2)22(29)9-10-24(30)26-18-5-3-17(4-6-18)21-16-34-25(27-21)28-11-13-33-14-12-28/h3-8,15-16H,9-14H2,1-2H3,(H,26,30). The number of ketones is 1. The smallest absolute Gasteiger partial charge is 0.224 e. The van der Waals surface area contributed by atoms with Gasteiger partial charge in [0.2, 0.25) is 5.91 Å². The first-order chi connectivity index (χ1) is 16.6. The average molecular weight is 482 g/mol. The van der Waals surface area contributed by atoms with Gasteiger partial charge < -0.3 is 24.4 Å². The molecule has 0 unspecified atom stereocenters. The van der Waals surface area contributed by atoms with E-state index in [4.69, 9.17) is 19.2 Å². The molecule has 8 nitrogen and oxygen atoms in total. The van der Waals surface area contributed by atoms with Gasteiger partial charge in [-0.05, 0) is 24.3 Å². The molecule has 3 aromatic rings. The minimum Gasteiger partial charge on any atom is -0.497 e. The van der Waals surface area contributed by atoms with Crippen LogP contribution in [0, 0.1) is 0 Å². The summed E-state index contributed by atoms with van der Waals surface area (Å²) in [6, 6.07) is 12.6. The summed E-state index contributed by atoms with van der Waals surface area (Å²) >= 11 is 1.62. The first-order valence-electron chi connectivity index (χ1n) is 11.0. The van der Waals surface area contributed by atoms with E-state index in [1.54, 1.807) is 36.6 Å². The van der Waals surface area contributed by atoms with Crippen molar-refractivity contribution < 1.29 is 23.8 Å². The van der Waals surface area contributed by atoms with Crippen LogP contribution in [-0.4, -0.2) is 57.2 Å². The molecular formula is C25H27N3O5S. The second kappa shape index (κ2) is 11.1. The SMILES string of the molecule is COc1ccc(C(=O)CCC(=O)Nc2ccc(-c3csc(N4CCOCC4)n3)cc2)c(OC)c1. The lowest BCUT2D eigenvalue weighted by molar-refractivity contribution is -0.116. The molecule has 0 radical (unpaired) electrons. The Morgan fingerprint density at radius 2 is 1.82 bits per heavy atom. The Morgan fingerprint density at radius 1 is 1.06 bits per heavy atom. The molecule has 34 heavy (non-hydrogen) atoms. The number of morpholine rings is 1. The van der Waals surface area contributed by atoms with E-state index in [2.05, 4.69) is 10.2 Å². The van der Waals surface area contributed by atoms with Gasteiger partial charge in [-0.3, -0.25) is 9.59 Å². The highest BCUT2D eigenvalue weighted by Crippen LogP contribution is 2.29. The van der Waals surface area contributed by atoms with E-state index in [1.165, 1.54) is 7.11 Å². The number of carbonyl (C=O) groups excluding carboxylic acids is 2. The van der Waals surface area contributed by atoms with Gasteiger partial charge in [-0.25, -0.2) is 4.98 Å². The van der Waals surface area contributed by atoms with Gasteiger partial charge in [-0.1, -0.05) is 12.1 Å². The van der Waals surface area contributed by atoms with Gasteiger partial charge >= 0.3 is 0 Å². The van der Waals surface area contributed by atoms with Crippen molar-refractivity contribution in [3.8, 4) is 22.8 Å². The molecule has 9 heteroatoms. The summed E-state index contributed by atoms with van der Waals surface area (Å²) < 4.78 is 15.8. The van der Waals surface area contributed by atoms with E-state index in [0.717, 1.165) is 42.7 Å². The van der Waals surface area contributed by atoms with Crippen LogP contribution in [0.3, 0.4) is 0 Å². The van der Waals surface area contributed by atoms with E-state index >= 15 is 0 Å². The van der Waals surface area contributed by atoms with Gasteiger partial charge in [0.05, 0.1) is 38.7 Å². The van der Waals surface area contributed by atoms with Crippen LogP contribution in [0.25, 0.3) is 11.3 Å². The van der Waals surface area contributed by atoms with E-state index in [0.29, 0.717) is 22.7 Å². The number of Topliss-reactive ketones (excluding diaryl/α,β-unsaturated/α-hetero) is 1. The maximum absolute atomic E-state index is 12.6. The predicted octanol–water partition coefficient (Wildman–Crippen LogP) is 4.27. The first kappa shape index (κ1) is 23.7. The fourth-order valence-corrected chi connectivity index (χ4v) is 4.52. The van der Waals surface area contributed by atoms with Crippen molar-refractivity contribution in [1.82, 2.24) is 4.98 Å². The quantitative estimate of drug-likeness (QED) is 0.457. The first-order valence-corrected chi connectivity index (χ1v) is 11.9. The highest BCUT2D eigenvalue weighted by atomic mass is 32.1. The van der Waals surface area contributed by atoms with Crippen LogP contribution in [0.1, 0.15) is 23.2 Å². The van der Waals surface area contributed by atoms with Gasteiger partial charge in [-0.15, -0.1) is 11.3 Å². The van der Waals surface area contributed by atoms with E-state index < -0.39 is 0 Å². The third kappa shape index (κ3) is 5.73. The van der Waals surface area contributed by atoms with Crippen molar-refractivity contribution in [1.29, 1.82) is 0 Å². The topological polar surface area (TPSA) is 90.0 Å². The Kier molecular flexibility index (Phi) is 7.76. The Labute approximate surface area is 202 Å². The molecule has 1 fully saturated rings. The molecule has 1 amide bonds. The van der Waals surface area contributed by atoms with Crippen molar-refractivity contribution in [3.63, 3.8) is 0 Å². The molecule has 0 spiro atoms. The molecule has 0 saturated carbocycles. The lowest BCUT2D eigenvalue weighted by Crippen LogP contribution is -2.36. The third-order valence-electron chi connectivity index (χ3n) is 5.53. The number of hydrogen-bond acceptors (Lipinski definition) is 8. The summed E-state index contributed by atoms with van der Waals surface area (Å²) in [5, 5.41) is 5.88. The summed E-state index contributed by atoms with van der Waals surface area (Å²) in [5.74, 6) is 0.644. The van der Waals surface area contributed by atoms with Crippen LogP contribution < -0.4 is 19.7 Å². The van der Waals surface area contributed by atoms with E-state index in [-0.39, 0.29) is 24.5 Å². The van der Waals surface area contributed by atoms with Crippen molar-refractivity contribution >= 4 is 33.8 Å². The number of rotatable bonds is 9. The molecule has 0 atom stereocenters. The minimum atomic E-state index is -0.225. The minimum absolute atomic E-state index is 0.0742. The van der Waals surface area contributed by atoms with Crippen LogP contribution in [0.5, 0.6) is 11.5 Å². The molecule has 0 aliphatic carbocycles. The maximum atomic E-state index is 12.6. The van der Waals surface area contributed by atoms with Gasteiger partial charge in [0, 0.05) is 48.6 Å². The number of methoxy groups -OCH3 is 2. The molecule has 1 aliphatic rings. The number of benzene rings is 2. The molecule has 2 heterocycles. The maximum Gasteiger partial charge on any atom is 0.224 e. The molecule has 1 N–H and O–H groups in total. The fraction of sp³-hybridized carbons (Fsp3) is 0.320. The summed E-state index contributed by atoms with van der Waals surface area (Å²) in [7, 11) is 3.05. The second-order valence-corrected chi connectivity index (χ2v) is 8.57. The number of ether oxygens (including phenoxy) is 3. The molecule has 1 saturated heterocycles. The van der Waals surface area contributed by atoms with Crippen LogP contribution in [0.2, 0.25) is 0 Å². The Morgan fingerprint density at radius 3 is 2.53 bits per heavy atom. The van der Waals surface area contributed by atoms with Crippen LogP contribution in [0.4, 0.5) is 10.8 Å². The van der Waals surface area contributed by atoms with Gasteiger partial charge in [0.1, 0.15) is 11.5 Å². The lowest BCUT2D eigenvalue weighted by atomic mass is 10.0. The molecular weight excluding hydrogens is 454 g/mol. The summed E-state index contributed by atoms with van der Waals surface area (Å²) in [4.78, 5) is 32.0. The van der Waals surface area contributed by atoms with Crippen molar-refractivity contribution in [3.05, 3.63) is 53.4 Å². The Hall–Kier alpha value is -3.43. The van der Waals surface area contributed by atoms with Crippen LogP contribution in [0.15, 0.2) is 47.8 Å². The lowest BCUT2D eigenvalue weighted by Gasteiger charge is -2.26. The summed E-state index contributed by atoms with van der Waals surface area (Å²) in [5.41, 5.74) is 2.99. The third-order valence-corrected chi connectivity index (χ3v) is 6.43. The number of carbonyl (C=O) groups is 2. The molecule has 0 bridgehead atoms. The zero-order valence-corrected chi connectivity index (χ0v) is 20.0. The van der Waals surface area contributed by atoms with Gasteiger partial charge in [0.15, 0.2) is 10.9 Å². The number of hydrogen-bond donors (Lipinski definition) is 1. The van der Waals surface area contributed by atoms with E-state index in [9.17, 15) is 9.59 Å². The number of amides is 1. The molecule has 2 aromatic carbocycles. The summed E-state index contributed by atoms with van der Waals surface area (Å²) in [6.45, 7) is 3.16. The number of thiazole rings is 1. The van der Waals surface area contributed by atoms with Crippen LogP contribution in [-0.2, 0) is 9.53 Å². The fourth-order valence-electron chi connectivity index (χ4n) is 3.64.